The van der Waals surface area contributed by atoms with Gasteiger partial charge in [0.15, 0.2) is 0 Å². The van der Waals surface area contributed by atoms with E-state index in [-0.39, 0.29) is 11.9 Å². The Bertz CT molecular complexity index is 959. The Labute approximate surface area is 178 Å². The van der Waals surface area contributed by atoms with Crippen LogP contribution in [0, 0.1) is 5.92 Å². The molecule has 1 aromatic heterocycles. The second-order valence-corrected chi connectivity index (χ2v) is 9.30. The molecule has 1 unspecified atom stereocenters. The minimum Gasteiger partial charge on any atom is -0.341 e. The first kappa shape index (κ1) is 19.6. The van der Waals surface area contributed by atoms with Gasteiger partial charge in [-0.05, 0) is 31.0 Å². The fraction of sp³-hybridized carbons (Fsp3) is 0.542. The largest absolute Gasteiger partial charge is 0.341 e. The molecule has 0 N–H and O–H groups in total. The SMILES string of the molecule is C[C@@H]1C[C@H](c2ccc(C3C=N3)c3ncccc23)CN(C(=O)CN2CCN(C)CC2)C1. The summed E-state index contributed by atoms with van der Waals surface area (Å²) in [5.41, 5.74) is 3.58. The van der Waals surface area contributed by atoms with E-state index in [1.54, 1.807) is 0 Å². The van der Waals surface area contributed by atoms with E-state index in [0.717, 1.165) is 51.2 Å². The van der Waals surface area contributed by atoms with Crippen LogP contribution in [0.3, 0.4) is 0 Å². The molecule has 5 rings (SSSR count). The van der Waals surface area contributed by atoms with Gasteiger partial charge in [-0.3, -0.25) is 19.7 Å². The van der Waals surface area contributed by atoms with Gasteiger partial charge in [0.25, 0.3) is 0 Å². The van der Waals surface area contributed by atoms with E-state index in [0.29, 0.717) is 18.4 Å². The van der Waals surface area contributed by atoms with Crippen molar-refractivity contribution < 1.29 is 4.79 Å². The third-order valence-corrected chi connectivity index (χ3v) is 6.86. The summed E-state index contributed by atoms with van der Waals surface area (Å²) >= 11 is 0. The number of rotatable bonds is 4. The number of nitrogens with zero attached hydrogens (tertiary/aromatic N) is 5. The number of benzene rings is 1. The Morgan fingerprint density at radius 1 is 1.10 bits per heavy atom. The molecule has 3 aliphatic heterocycles. The number of hydrogen-bond acceptors (Lipinski definition) is 5. The number of aromatic nitrogens is 1. The maximum absolute atomic E-state index is 13.1. The number of likely N-dealkylation sites (N-methyl/N-ethyl adjacent to an activating group) is 1. The number of likely N-dealkylation sites (tertiary alicyclic amines) is 1. The quantitative estimate of drug-likeness (QED) is 0.785. The lowest BCUT2D eigenvalue weighted by molar-refractivity contribution is -0.134. The molecule has 3 aliphatic rings. The number of aliphatic imine (C=N–C) groups is 1. The third-order valence-electron chi connectivity index (χ3n) is 6.86. The number of hydrogen-bond donors (Lipinski definition) is 0. The lowest BCUT2D eigenvalue weighted by Gasteiger charge is -2.39. The Kier molecular flexibility index (Phi) is 5.29. The summed E-state index contributed by atoms with van der Waals surface area (Å²) < 4.78 is 0. The highest BCUT2D eigenvalue weighted by atomic mass is 16.2. The summed E-state index contributed by atoms with van der Waals surface area (Å²) in [6.07, 6.45) is 4.96. The van der Waals surface area contributed by atoms with Gasteiger partial charge in [0.05, 0.1) is 12.1 Å². The van der Waals surface area contributed by atoms with Crippen LogP contribution in [0.4, 0.5) is 0 Å². The molecule has 4 heterocycles. The number of piperazine rings is 1. The summed E-state index contributed by atoms with van der Waals surface area (Å²) in [6, 6.07) is 8.85. The van der Waals surface area contributed by atoms with E-state index >= 15 is 0 Å². The average molecular weight is 406 g/mol. The topological polar surface area (TPSA) is 52.0 Å². The van der Waals surface area contributed by atoms with E-state index in [1.807, 2.05) is 18.5 Å². The van der Waals surface area contributed by atoms with Gasteiger partial charge in [-0.1, -0.05) is 25.1 Å². The lowest BCUT2D eigenvalue weighted by atomic mass is 9.83. The molecular formula is C24H31N5O. The predicted octanol–water partition coefficient (Wildman–Crippen LogP) is 2.56. The molecule has 2 saturated heterocycles. The standard InChI is InChI=1S/C24H31N5O/c1-17-12-18(15-29(14-17)23(30)16-28-10-8-27(2)9-11-28)19-5-6-21(22-13-26-22)24-20(19)4-3-7-25-24/h3-7,13,17-18,22H,8-12,14-16H2,1-2H3/t17-,18+,22?/m1/s1. The van der Waals surface area contributed by atoms with Crippen LogP contribution in [0.2, 0.25) is 0 Å². The zero-order valence-corrected chi connectivity index (χ0v) is 18.0. The van der Waals surface area contributed by atoms with E-state index in [1.165, 1.54) is 16.5 Å². The molecule has 1 amide bonds. The van der Waals surface area contributed by atoms with Crippen molar-refractivity contribution in [1.29, 1.82) is 0 Å². The van der Waals surface area contributed by atoms with E-state index in [4.69, 9.17) is 0 Å². The van der Waals surface area contributed by atoms with Gasteiger partial charge in [0.1, 0.15) is 6.04 Å². The van der Waals surface area contributed by atoms with Gasteiger partial charge in [-0.15, -0.1) is 0 Å². The van der Waals surface area contributed by atoms with Gasteiger partial charge in [-0.2, -0.15) is 0 Å². The number of carbonyl (C=O) groups is 1. The zero-order chi connectivity index (χ0) is 20.7. The highest BCUT2D eigenvalue weighted by Crippen LogP contribution is 2.37. The molecule has 6 heteroatoms. The third kappa shape index (κ3) is 3.98. The van der Waals surface area contributed by atoms with Crippen molar-refractivity contribution >= 4 is 23.0 Å². The maximum Gasteiger partial charge on any atom is 0.236 e. The van der Waals surface area contributed by atoms with Gasteiger partial charge >= 0.3 is 0 Å². The van der Waals surface area contributed by atoms with Gasteiger partial charge < -0.3 is 9.80 Å². The van der Waals surface area contributed by atoms with Crippen molar-refractivity contribution in [1.82, 2.24) is 19.7 Å². The molecule has 0 saturated carbocycles. The fourth-order valence-corrected chi connectivity index (χ4v) is 5.09. The van der Waals surface area contributed by atoms with Crippen LogP contribution in [-0.4, -0.2) is 84.7 Å². The zero-order valence-electron chi connectivity index (χ0n) is 18.0. The van der Waals surface area contributed by atoms with Crippen molar-refractivity contribution in [2.24, 2.45) is 10.9 Å². The average Bonchev–Trinajstić information content (AvgIpc) is 3.59. The van der Waals surface area contributed by atoms with Crippen molar-refractivity contribution in [2.75, 3.05) is 52.9 Å². The first-order valence-corrected chi connectivity index (χ1v) is 11.2. The van der Waals surface area contributed by atoms with Crippen molar-refractivity contribution in [3.8, 4) is 0 Å². The highest BCUT2D eigenvalue weighted by molar-refractivity contribution is 5.92. The fourth-order valence-electron chi connectivity index (χ4n) is 5.09. The van der Waals surface area contributed by atoms with Crippen molar-refractivity contribution in [3.05, 3.63) is 41.6 Å². The summed E-state index contributed by atoms with van der Waals surface area (Å²) in [6.45, 7) is 8.55. The minimum atomic E-state index is 0.198. The first-order chi connectivity index (χ1) is 14.6. The molecule has 158 valence electrons. The molecule has 2 aromatic rings. The number of fused-ring (bicyclic) bond motifs is 1. The van der Waals surface area contributed by atoms with Crippen LogP contribution < -0.4 is 0 Å². The van der Waals surface area contributed by atoms with Crippen LogP contribution in [0.5, 0.6) is 0 Å². The number of carbonyl (C=O) groups excluding carboxylic acids is 1. The molecule has 0 spiro atoms. The Morgan fingerprint density at radius 2 is 1.87 bits per heavy atom. The Morgan fingerprint density at radius 3 is 2.63 bits per heavy atom. The number of pyridine rings is 1. The Balaban J connectivity index is 1.35. The lowest BCUT2D eigenvalue weighted by Crippen LogP contribution is -2.51. The molecule has 6 nitrogen and oxygen atoms in total. The Hall–Kier alpha value is -2.31. The summed E-state index contributed by atoms with van der Waals surface area (Å²) in [5, 5.41) is 1.22. The predicted molar refractivity (Wildman–Crippen MR) is 120 cm³/mol. The van der Waals surface area contributed by atoms with E-state index in [9.17, 15) is 4.79 Å². The smallest absolute Gasteiger partial charge is 0.236 e. The molecule has 30 heavy (non-hydrogen) atoms. The van der Waals surface area contributed by atoms with E-state index < -0.39 is 0 Å². The molecule has 0 aliphatic carbocycles. The van der Waals surface area contributed by atoms with Crippen LogP contribution in [0.1, 0.15) is 36.4 Å². The number of piperidine rings is 1. The molecular weight excluding hydrogens is 374 g/mol. The molecule has 0 bridgehead atoms. The minimum absolute atomic E-state index is 0.198. The van der Waals surface area contributed by atoms with Crippen LogP contribution in [0.15, 0.2) is 35.5 Å². The summed E-state index contributed by atoms with van der Waals surface area (Å²) in [5.74, 6) is 1.13. The number of amides is 1. The monoisotopic (exact) mass is 405 g/mol. The van der Waals surface area contributed by atoms with Crippen molar-refractivity contribution in [3.63, 3.8) is 0 Å². The summed E-state index contributed by atoms with van der Waals surface area (Å²) in [7, 11) is 2.15. The molecule has 3 atom stereocenters. The maximum atomic E-state index is 13.1. The van der Waals surface area contributed by atoms with Crippen LogP contribution in [-0.2, 0) is 4.79 Å². The van der Waals surface area contributed by atoms with Gasteiger partial charge in [-0.25, -0.2) is 0 Å². The second-order valence-electron chi connectivity index (χ2n) is 9.30. The first-order valence-electron chi connectivity index (χ1n) is 11.2. The van der Waals surface area contributed by atoms with Gasteiger partial charge in [0.2, 0.25) is 5.91 Å². The van der Waals surface area contributed by atoms with E-state index in [2.05, 4.69) is 56.8 Å². The van der Waals surface area contributed by atoms with Crippen LogP contribution in [0.25, 0.3) is 10.9 Å². The van der Waals surface area contributed by atoms with Crippen molar-refractivity contribution in [2.45, 2.75) is 25.3 Å². The van der Waals surface area contributed by atoms with Crippen LogP contribution >= 0.6 is 0 Å². The summed E-state index contributed by atoms with van der Waals surface area (Å²) in [4.78, 5) is 28.9. The molecule has 0 radical (unpaired) electrons. The van der Waals surface area contributed by atoms with Gasteiger partial charge in [0, 0.05) is 68.5 Å². The molecule has 1 aromatic carbocycles. The highest BCUT2D eigenvalue weighted by Gasteiger charge is 2.31. The second kappa shape index (κ2) is 8.08. The normalized spacial score (nSPS) is 27.5. The molecule has 2 fully saturated rings.